The largest absolute Gasteiger partial charge is 0.675 e. The molecule has 0 saturated carbocycles. The third-order valence-corrected chi connectivity index (χ3v) is 0.471. The molecule has 0 atom stereocenters. The van der Waals surface area contributed by atoms with Gasteiger partial charge in [-0.05, 0) is 0 Å². The van der Waals surface area contributed by atoms with Crippen LogP contribution in [0.1, 0.15) is 0 Å². The van der Waals surface area contributed by atoms with Crippen molar-refractivity contribution in [2.24, 2.45) is 0 Å². The van der Waals surface area contributed by atoms with E-state index in [0.29, 0.717) is 11.2 Å². The van der Waals surface area contributed by atoms with Gasteiger partial charge in [-0.25, -0.2) is 0 Å². The van der Waals surface area contributed by atoms with E-state index < -0.39 is 6.10 Å². The molecule has 0 heterocycles. The average Bonchev–Trinajstić information content (AvgIpc) is 1.88. The third-order valence-electron chi connectivity index (χ3n) is 0.471. The van der Waals surface area contributed by atoms with Gasteiger partial charge in [0, 0.05) is 6.10 Å². The smallest absolute Gasteiger partial charge is 0.0162 e. The summed E-state index contributed by atoms with van der Waals surface area (Å²) in [5.74, 6) is 0. The van der Waals surface area contributed by atoms with E-state index in [1.54, 1.807) is 0 Å². The Kier molecular flexibility index (Phi) is 19.2. The van der Waals surface area contributed by atoms with Crippen LogP contribution >= 0.6 is 38.7 Å². The molecule has 6 heteroatoms. The van der Waals surface area contributed by atoms with E-state index in [2.05, 4.69) is 38.7 Å². The summed E-state index contributed by atoms with van der Waals surface area (Å²) < 4.78 is 0. The van der Waals surface area contributed by atoms with E-state index in [0.717, 1.165) is 0 Å². The van der Waals surface area contributed by atoms with Crippen LogP contribution in [-0.4, -0.2) is 24.3 Å². The van der Waals surface area contributed by atoms with Gasteiger partial charge in [0.05, 0.1) is 0 Å². The Labute approximate surface area is 84.5 Å². The van der Waals surface area contributed by atoms with Crippen LogP contribution in [0.3, 0.4) is 0 Å². The molecule has 0 radical (unpaired) electrons. The van der Waals surface area contributed by atoms with Crippen molar-refractivity contribution in [3.63, 3.8) is 0 Å². The second-order valence-corrected chi connectivity index (χ2v) is 17.7. The van der Waals surface area contributed by atoms with Crippen molar-refractivity contribution >= 4 is 38.7 Å². The normalized spacial score (nSPS) is 9.11. The zero-order valence-corrected chi connectivity index (χ0v) is 11.1. The molecule has 0 aromatic heterocycles. The maximum Gasteiger partial charge on any atom is 0.0162 e. The number of aliphatic hydroxyl groups excluding tert-OH is 1. The van der Waals surface area contributed by atoms with Crippen LogP contribution in [0.2, 0.25) is 0 Å². The topological polar surface area (TPSA) is 67.8 Å². The fraction of sp³-hybridized carbons (Fsp3) is 1.00. The maximum atomic E-state index is 8.29. The van der Waals surface area contributed by atoms with Crippen LogP contribution in [0, 0.1) is 0 Å². The molecule has 0 aromatic rings. The first kappa shape index (κ1) is 13.6. The molecule has 0 spiro atoms. The molecule has 0 unspecified atom stereocenters. The molecular weight excluding hydrogens is 529 g/mol. The first-order valence-electron chi connectivity index (χ1n) is 2.02. The molecule has 0 fully saturated rings. The van der Waals surface area contributed by atoms with Gasteiger partial charge >= 0.3 is 49.9 Å². The minimum atomic E-state index is -0.731. The predicted octanol–water partition coefficient (Wildman–Crippen LogP) is 2.22. The molecule has 0 aliphatic carbocycles. The maximum absolute atomic E-state index is 8.29. The molecule has 0 saturated heterocycles. The van der Waals surface area contributed by atoms with Crippen LogP contribution in [-0.2, 0) is 11.2 Å². The van der Waals surface area contributed by atoms with Crippen LogP contribution in [0.5, 0.6) is 0 Å². The summed E-state index contributed by atoms with van der Waals surface area (Å²) in [6.07, 6.45) is -0.731. The molecule has 3 N–H and O–H groups in total. The molecule has 3 nitrogen and oxygen atoms in total. The number of aliphatic hydroxyl groups is 1. The van der Waals surface area contributed by atoms with Gasteiger partial charge in [0.15, 0.2) is 0 Å². The van der Waals surface area contributed by atoms with Crippen LogP contribution in [0.4, 0.5) is 0 Å². The molecule has 9 heavy (non-hydrogen) atoms. The SMILES string of the molecule is [I][Pt+2][I].[NH-]CC(O)C[NH-]. The van der Waals surface area contributed by atoms with Crippen molar-refractivity contribution in [2.75, 3.05) is 13.1 Å². The molecule has 0 bridgehead atoms. The summed E-state index contributed by atoms with van der Waals surface area (Å²) in [6, 6.07) is 0. The van der Waals surface area contributed by atoms with Crippen molar-refractivity contribution in [2.45, 2.75) is 6.10 Å². The second-order valence-electron chi connectivity index (χ2n) is 1.11. The van der Waals surface area contributed by atoms with E-state index in [9.17, 15) is 0 Å². The van der Waals surface area contributed by atoms with Crippen LogP contribution in [0.15, 0.2) is 0 Å². The number of nitrogens with one attached hydrogen (secondary N) is 2. The van der Waals surface area contributed by atoms with Gasteiger partial charge in [-0.1, -0.05) is 0 Å². The average molecular weight is 537 g/mol. The summed E-state index contributed by atoms with van der Waals surface area (Å²) in [5.41, 5.74) is 12.9. The minimum Gasteiger partial charge on any atom is -0.675 e. The fourth-order valence-corrected chi connectivity index (χ4v) is 0.0722. The van der Waals surface area contributed by atoms with Gasteiger partial charge in [0.25, 0.3) is 0 Å². The predicted molar refractivity (Wildman–Crippen MR) is 52.4 cm³/mol. The van der Waals surface area contributed by atoms with Crippen molar-refractivity contribution in [1.29, 1.82) is 0 Å². The molecule has 0 aliphatic heterocycles. The van der Waals surface area contributed by atoms with Crippen LogP contribution in [0.25, 0.3) is 11.5 Å². The first-order chi connectivity index (χ1) is 4.22. The van der Waals surface area contributed by atoms with Crippen molar-refractivity contribution in [1.82, 2.24) is 0 Å². The Hall–Kier alpha value is 2.03. The van der Waals surface area contributed by atoms with Crippen molar-refractivity contribution in [3.05, 3.63) is 11.5 Å². The van der Waals surface area contributed by atoms with E-state index >= 15 is 0 Å². The standard InChI is InChI=1S/C3H8N2O.2HI.Pt/c4-1-3(6)2-5;;;/h3-6H,1-2H2;2*1H;/q-2;;;+4/p-2. The van der Waals surface area contributed by atoms with Gasteiger partial charge < -0.3 is 16.6 Å². The zero-order chi connectivity index (χ0) is 7.70. The van der Waals surface area contributed by atoms with Gasteiger partial charge in [0.2, 0.25) is 0 Å². The molecule has 0 amide bonds. The Morgan fingerprint density at radius 2 is 1.56 bits per heavy atom. The molecular formula is C3H8I2N2OPt. The van der Waals surface area contributed by atoms with Crippen molar-refractivity contribution < 1.29 is 16.3 Å². The Morgan fingerprint density at radius 1 is 1.33 bits per heavy atom. The quantitative estimate of drug-likeness (QED) is 0.540. The van der Waals surface area contributed by atoms with Crippen LogP contribution < -0.4 is 0 Å². The van der Waals surface area contributed by atoms with Crippen molar-refractivity contribution in [3.8, 4) is 0 Å². The van der Waals surface area contributed by atoms with Gasteiger partial charge in [0.1, 0.15) is 0 Å². The summed E-state index contributed by atoms with van der Waals surface area (Å²) in [7, 11) is 0. The summed E-state index contributed by atoms with van der Waals surface area (Å²) in [5, 5.41) is 8.29. The first-order valence-corrected chi connectivity index (χ1v) is 14.9. The molecule has 0 aliphatic rings. The van der Waals surface area contributed by atoms with E-state index in [-0.39, 0.29) is 13.1 Å². The minimum absolute atomic E-state index is 0.0521. The van der Waals surface area contributed by atoms with Gasteiger partial charge in [-0.2, -0.15) is 0 Å². The monoisotopic (exact) mass is 537 g/mol. The fourth-order valence-electron chi connectivity index (χ4n) is 0.0722. The number of halogens is 2. The zero-order valence-electron chi connectivity index (χ0n) is 4.51. The van der Waals surface area contributed by atoms with Gasteiger partial charge in [-0.3, -0.25) is 0 Å². The number of hydrogen-bond acceptors (Lipinski definition) is 1. The third kappa shape index (κ3) is 17.8. The Bertz CT molecular complexity index is 46.8. The van der Waals surface area contributed by atoms with Gasteiger partial charge in [-0.15, -0.1) is 13.1 Å². The summed E-state index contributed by atoms with van der Waals surface area (Å²) in [4.78, 5) is 0. The molecule has 0 rings (SSSR count). The molecule has 60 valence electrons. The van der Waals surface area contributed by atoms with E-state index in [4.69, 9.17) is 16.6 Å². The van der Waals surface area contributed by atoms with E-state index in [1.807, 2.05) is 0 Å². The number of rotatable bonds is 2. The molecule has 0 aromatic carbocycles. The second kappa shape index (κ2) is 12.7. The number of hydrogen-bond donors (Lipinski definition) is 1. The Morgan fingerprint density at radius 3 is 1.56 bits per heavy atom. The summed E-state index contributed by atoms with van der Waals surface area (Å²) >= 11 is 5.30. The summed E-state index contributed by atoms with van der Waals surface area (Å²) in [6.45, 7) is -0.104. The Balaban J connectivity index is 0. The van der Waals surface area contributed by atoms with E-state index in [1.165, 1.54) is 0 Å².